The standard InChI is InChI=1S/C21H18F3NO5/c22-21(23,24)30-15-8-5-14(6-9-15)7-10-20(27)29-13-19(26)25-17-11-12-28-18-4-2-1-3-16(17)18/h1-10,17H,11-13H2,(H,25,26)/b10-7+. The molecule has 0 radical (unpaired) electrons. The Balaban J connectivity index is 1.46. The number of fused-ring (bicyclic) bond motifs is 1. The lowest BCUT2D eigenvalue weighted by molar-refractivity contribution is -0.274. The molecule has 0 saturated carbocycles. The van der Waals surface area contributed by atoms with Crippen molar-refractivity contribution in [1.29, 1.82) is 0 Å². The quantitative estimate of drug-likeness (QED) is 0.568. The zero-order chi connectivity index (χ0) is 21.6. The first kappa shape index (κ1) is 21.2. The molecule has 9 heteroatoms. The van der Waals surface area contributed by atoms with Crippen molar-refractivity contribution in [2.24, 2.45) is 0 Å². The van der Waals surface area contributed by atoms with E-state index in [2.05, 4.69) is 10.1 Å². The first-order valence-electron chi connectivity index (χ1n) is 9.02. The average Bonchev–Trinajstić information content (AvgIpc) is 2.71. The minimum atomic E-state index is -4.77. The number of benzene rings is 2. The molecule has 0 bridgehead atoms. The maximum atomic E-state index is 12.1. The largest absolute Gasteiger partial charge is 0.573 e. The molecule has 1 amide bonds. The summed E-state index contributed by atoms with van der Waals surface area (Å²) in [4.78, 5) is 23.9. The molecule has 1 aliphatic rings. The molecule has 0 aromatic heterocycles. The molecule has 30 heavy (non-hydrogen) atoms. The number of nitrogens with one attached hydrogen (secondary N) is 1. The molecule has 158 valence electrons. The van der Waals surface area contributed by atoms with Crippen LogP contribution in [0.2, 0.25) is 0 Å². The lowest BCUT2D eigenvalue weighted by Gasteiger charge is -2.26. The van der Waals surface area contributed by atoms with Crippen molar-refractivity contribution in [2.45, 2.75) is 18.8 Å². The van der Waals surface area contributed by atoms with Gasteiger partial charge in [0.15, 0.2) is 6.61 Å². The molecule has 1 aliphatic heterocycles. The van der Waals surface area contributed by atoms with E-state index < -0.39 is 24.8 Å². The van der Waals surface area contributed by atoms with Gasteiger partial charge in [0, 0.05) is 18.1 Å². The number of carbonyl (C=O) groups is 2. The van der Waals surface area contributed by atoms with Gasteiger partial charge in [-0.05, 0) is 29.8 Å². The van der Waals surface area contributed by atoms with Gasteiger partial charge in [-0.15, -0.1) is 13.2 Å². The number of amides is 1. The highest BCUT2D eigenvalue weighted by atomic mass is 19.4. The Hall–Kier alpha value is -3.49. The number of carbonyl (C=O) groups excluding carboxylic acids is 2. The summed E-state index contributed by atoms with van der Waals surface area (Å²) in [6.45, 7) is 0.0122. The average molecular weight is 421 g/mol. The van der Waals surface area contributed by atoms with Crippen LogP contribution >= 0.6 is 0 Å². The van der Waals surface area contributed by atoms with E-state index >= 15 is 0 Å². The summed E-state index contributed by atoms with van der Waals surface area (Å²) in [5.41, 5.74) is 1.33. The van der Waals surface area contributed by atoms with Crippen molar-refractivity contribution in [3.63, 3.8) is 0 Å². The fourth-order valence-electron chi connectivity index (χ4n) is 2.86. The topological polar surface area (TPSA) is 73.9 Å². The summed E-state index contributed by atoms with van der Waals surface area (Å²) in [5.74, 6) is -0.866. The highest BCUT2D eigenvalue weighted by molar-refractivity contribution is 5.89. The molecular formula is C21H18F3NO5. The van der Waals surface area contributed by atoms with Crippen LogP contribution in [0.3, 0.4) is 0 Å². The fraction of sp³-hybridized carbons (Fsp3) is 0.238. The van der Waals surface area contributed by atoms with Crippen molar-refractivity contribution in [3.8, 4) is 11.5 Å². The van der Waals surface area contributed by atoms with Crippen LogP contribution in [0.4, 0.5) is 13.2 Å². The van der Waals surface area contributed by atoms with Crippen LogP contribution in [-0.2, 0) is 14.3 Å². The normalized spacial score (nSPS) is 15.8. The first-order chi connectivity index (χ1) is 14.3. The van der Waals surface area contributed by atoms with Gasteiger partial charge in [-0.25, -0.2) is 4.79 Å². The zero-order valence-corrected chi connectivity index (χ0v) is 15.6. The summed E-state index contributed by atoms with van der Waals surface area (Å²) in [6, 6.07) is 12.1. The van der Waals surface area contributed by atoms with E-state index in [1.54, 1.807) is 0 Å². The number of hydrogen-bond donors (Lipinski definition) is 1. The Morgan fingerprint density at radius 2 is 1.87 bits per heavy atom. The molecule has 0 saturated heterocycles. The lowest BCUT2D eigenvalue weighted by atomic mass is 10.0. The number of alkyl halides is 3. The molecule has 0 aliphatic carbocycles. The van der Waals surface area contributed by atoms with E-state index in [4.69, 9.17) is 9.47 Å². The van der Waals surface area contributed by atoms with E-state index in [1.165, 1.54) is 18.2 Å². The SMILES string of the molecule is O=C(COC(=O)/C=C/c1ccc(OC(F)(F)F)cc1)NC1CCOc2ccccc21. The van der Waals surface area contributed by atoms with Gasteiger partial charge in [0.25, 0.3) is 5.91 Å². The predicted octanol–water partition coefficient (Wildman–Crippen LogP) is 3.78. The third-order valence-corrected chi connectivity index (χ3v) is 4.16. The Morgan fingerprint density at radius 1 is 1.13 bits per heavy atom. The maximum absolute atomic E-state index is 12.1. The number of halogens is 3. The third kappa shape index (κ3) is 6.26. The molecule has 1 N–H and O–H groups in total. The van der Waals surface area contributed by atoms with Crippen LogP contribution in [0, 0.1) is 0 Å². The number of para-hydroxylation sites is 1. The fourth-order valence-corrected chi connectivity index (χ4v) is 2.86. The Kier molecular flexibility index (Phi) is 6.61. The van der Waals surface area contributed by atoms with Gasteiger partial charge >= 0.3 is 12.3 Å². The van der Waals surface area contributed by atoms with Gasteiger partial charge in [0.2, 0.25) is 0 Å². The van der Waals surface area contributed by atoms with E-state index in [0.29, 0.717) is 24.3 Å². The highest BCUT2D eigenvalue weighted by Crippen LogP contribution is 2.31. The predicted molar refractivity (Wildman–Crippen MR) is 101 cm³/mol. The number of rotatable bonds is 6. The van der Waals surface area contributed by atoms with Crippen LogP contribution in [0.15, 0.2) is 54.6 Å². The molecule has 6 nitrogen and oxygen atoms in total. The van der Waals surface area contributed by atoms with E-state index in [-0.39, 0.29) is 11.8 Å². The molecule has 1 atom stereocenters. The van der Waals surface area contributed by atoms with Gasteiger partial charge in [0.05, 0.1) is 12.6 Å². The molecule has 0 fully saturated rings. The molecule has 1 heterocycles. The smallest absolute Gasteiger partial charge is 0.493 e. The molecular weight excluding hydrogens is 403 g/mol. The minimum Gasteiger partial charge on any atom is -0.493 e. The third-order valence-electron chi connectivity index (χ3n) is 4.16. The van der Waals surface area contributed by atoms with Crippen molar-refractivity contribution >= 4 is 18.0 Å². The van der Waals surface area contributed by atoms with Gasteiger partial charge in [-0.3, -0.25) is 4.79 Å². The first-order valence-corrected chi connectivity index (χ1v) is 9.02. The second-order valence-corrected chi connectivity index (χ2v) is 6.35. The Morgan fingerprint density at radius 3 is 2.60 bits per heavy atom. The summed E-state index contributed by atoms with van der Waals surface area (Å²) in [7, 11) is 0. The van der Waals surface area contributed by atoms with Gasteiger partial charge in [-0.1, -0.05) is 30.3 Å². The van der Waals surface area contributed by atoms with E-state index in [9.17, 15) is 22.8 Å². The number of hydrogen-bond acceptors (Lipinski definition) is 5. The van der Waals surface area contributed by atoms with Crippen LogP contribution in [0.1, 0.15) is 23.6 Å². The summed E-state index contributed by atoms with van der Waals surface area (Å²) < 4.78 is 50.6. The van der Waals surface area contributed by atoms with Crippen LogP contribution in [-0.4, -0.2) is 31.5 Å². The second kappa shape index (κ2) is 9.34. The number of esters is 1. The molecule has 2 aromatic rings. The van der Waals surface area contributed by atoms with Crippen LogP contribution in [0.25, 0.3) is 6.08 Å². The van der Waals surface area contributed by atoms with Crippen molar-refractivity contribution in [2.75, 3.05) is 13.2 Å². The monoisotopic (exact) mass is 421 g/mol. The lowest BCUT2D eigenvalue weighted by Crippen LogP contribution is -2.34. The molecule has 3 rings (SSSR count). The van der Waals surface area contributed by atoms with E-state index in [1.807, 2.05) is 24.3 Å². The molecule has 2 aromatic carbocycles. The van der Waals surface area contributed by atoms with Gasteiger partial charge < -0.3 is 19.5 Å². The van der Waals surface area contributed by atoms with E-state index in [0.717, 1.165) is 23.8 Å². The minimum absolute atomic E-state index is 0.228. The van der Waals surface area contributed by atoms with Crippen molar-refractivity contribution < 1.29 is 37.0 Å². The van der Waals surface area contributed by atoms with Gasteiger partial charge in [0.1, 0.15) is 11.5 Å². The maximum Gasteiger partial charge on any atom is 0.573 e. The van der Waals surface area contributed by atoms with Crippen LogP contribution < -0.4 is 14.8 Å². The second-order valence-electron chi connectivity index (χ2n) is 6.35. The summed E-state index contributed by atoms with van der Waals surface area (Å²) >= 11 is 0. The van der Waals surface area contributed by atoms with Crippen molar-refractivity contribution in [3.05, 3.63) is 65.7 Å². The highest BCUT2D eigenvalue weighted by Gasteiger charge is 2.30. The van der Waals surface area contributed by atoms with Gasteiger partial charge in [-0.2, -0.15) is 0 Å². The zero-order valence-electron chi connectivity index (χ0n) is 15.6. The number of ether oxygens (including phenoxy) is 3. The Labute approximate surface area is 170 Å². The molecule has 1 unspecified atom stereocenters. The van der Waals surface area contributed by atoms with Crippen LogP contribution in [0.5, 0.6) is 11.5 Å². The summed E-state index contributed by atoms with van der Waals surface area (Å²) in [6.07, 6.45) is -1.73. The van der Waals surface area contributed by atoms with Crippen molar-refractivity contribution in [1.82, 2.24) is 5.32 Å². The molecule has 0 spiro atoms. The summed E-state index contributed by atoms with van der Waals surface area (Å²) in [5, 5.41) is 2.80. The Bertz CT molecular complexity index is 925.